The third-order valence-electron chi connectivity index (χ3n) is 2.68. The van der Waals surface area contributed by atoms with Gasteiger partial charge in [-0.3, -0.25) is 10.3 Å². The van der Waals surface area contributed by atoms with E-state index in [4.69, 9.17) is 4.74 Å². The molecule has 0 spiro atoms. The summed E-state index contributed by atoms with van der Waals surface area (Å²) in [7, 11) is 0. The van der Waals surface area contributed by atoms with Crippen LogP contribution in [0.5, 0.6) is 0 Å². The van der Waals surface area contributed by atoms with Crippen LogP contribution in [0, 0.1) is 5.41 Å². The lowest BCUT2D eigenvalue weighted by atomic mass is 9.94. The van der Waals surface area contributed by atoms with Crippen molar-refractivity contribution in [2.45, 2.75) is 33.0 Å². The zero-order valence-electron chi connectivity index (χ0n) is 9.53. The summed E-state index contributed by atoms with van der Waals surface area (Å²) in [5.74, 6) is 0. The third-order valence-corrected chi connectivity index (χ3v) is 2.68. The molecular weight excluding hydrogens is 188 g/mol. The molecule has 2 heterocycles. The lowest BCUT2D eigenvalue weighted by molar-refractivity contribution is 0.0173. The van der Waals surface area contributed by atoms with E-state index >= 15 is 0 Å². The number of nitrogens with zero attached hydrogens (tertiary/aromatic N) is 1. The Labute approximate surface area is 90.9 Å². The van der Waals surface area contributed by atoms with Crippen molar-refractivity contribution in [2.24, 2.45) is 5.41 Å². The summed E-state index contributed by atoms with van der Waals surface area (Å²) >= 11 is 0. The van der Waals surface area contributed by atoms with Crippen LogP contribution in [-0.2, 0) is 4.74 Å². The van der Waals surface area contributed by atoms with Crippen molar-refractivity contribution in [3.8, 4) is 0 Å². The number of ether oxygens (including phenoxy) is 1. The fourth-order valence-electron chi connectivity index (χ4n) is 1.76. The monoisotopic (exact) mass is 206 g/mol. The normalized spacial score (nSPS) is 26.9. The van der Waals surface area contributed by atoms with E-state index in [0.717, 1.165) is 6.61 Å². The van der Waals surface area contributed by atoms with Crippen molar-refractivity contribution < 1.29 is 4.74 Å². The first-order chi connectivity index (χ1) is 7.07. The average Bonchev–Trinajstić information content (AvgIpc) is 2.67. The van der Waals surface area contributed by atoms with Crippen molar-refractivity contribution in [2.75, 3.05) is 6.61 Å². The molecule has 1 fully saturated rings. The predicted octanol–water partition coefficient (Wildman–Crippen LogP) is 2.11. The summed E-state index contributed by atoms with van der Waals surface area (Å²) in [6, 6.07) is 4.37. The van der Waals surface area contributed by atoms with Crippen LogP contribution >= 0.6 is 0 Å². The molecule has 0 radical (unpaired) electrons. The Morgan fingerprint density at radius 1 is 1.33 bits per heavy atom. The molecule has 2 rings (SSSR count). The van der Waals surface area contributed by atoms with Gasteiger partial charge in [0, 0.05) is 17.8 Å². The molecule has 0 aliphatic carbocycles. The van der Waals surface area contributed by atoms with Gasteiger partial charge in [-0.25, -0.2) is 0 Å². The molecule has 3 heteroatoms. The van der Waals surface area contributed by atoms with Crippen molar-refractivity contribution in [3.05, 3.63) is 30.1 Å². The van der Waals surface area contributed by atoms with Crippen molar-refractivity contribution in [1.82, 2.24) is 10.3 Å². The molecule has 15 heavy (non-hydrogen) atoms. The van der Waals surface area contributed by atoms with E-state index in [1.54, 1.807) is 0 Å². The van der Waals surface area contributed by atoms with Gasteiger partial charge in [-0.05, 0) is 17.7 Å². The average molecular weight is 206 g/mol. The number of pyridine rings is 1. The molecule has 3 nitrogen and oxygen atoms in total. The summed E-state index contributed by atoms with van der Waals surface area (Å²) in [5, 5.41) is 3.50. The smallest absolute Gasteiger partial charge is 0.113 e. The highest BCUT2D eigenvalue weighted by Gasteiger charge is 2.33. The number of nitrogens with one attached hydrogen (secondary N) is 1. The first-order valence-electron chi connectivity index (χ1n) is 5.35. The highest BCUT2D eigenvalue weighted by molar-refractivity contribution is 5.16. The minimum absolute atomic E-state index is 0.135. The van der Waals surface area contributed by atoms with Gasteiger partial charge < -0.3 is 4.74 Å². The standard InChI is InChI=1S/C12H18N2O/c1-12(2,3)11-14-10(8-15-11)9-4-6-13-7-5-9/h4-7,10-11,14H,8H2,1-3H3. The summed E-state index contributed by atoms with van der Waals surface area (Å²) in [5.41, 5.74) is 1.39. The second kappa shape index (κ2) is 3.91. The van der Waals surface area contributed by atoms with E-state index in [2.05, 4.69) is 31.1 Å². The number of hydrogen-bond donors (Lipinski definition) is 1. The molecule has 1 saturated heterocycles. The highest BCUT2D eigenvalue weighted by atomic mass is 16.5. The largest absolute Gasteiger partial charge is 0.361 e. The molecule has 1 N–H and O–H groups in total. The van der Waals surface area contributed by atoms with Gasteiger partial charge >= 0.3 is 0 Å². The van der Waals surface area contributed by atoms with Gasteiger partial charge in [0.2, 0.25) is 0 Å². The maximum Gasteiger partial charge on any atom is 0.113 e. The molecule has 82 valence electrons. The van der Waals surface area contributed by atoms with Crippen LogP contribution in [0.2, 0.25) is 0 Å². The molecule has 0 saturated carbocycles. The Hall–Kier alpha value is -0.930. The van der Waals surface area contributed by atoms with E-state index < -0.39 is 0 Å². The zero-order chi connectivity index (χ0) is 10.9. The summed E-state index contributed by atoms with van der Waals surface area (Å²) < 4.78 is 5.75. The summed E-state index contributed by atoms with van der Waals surface area (Å²) in [6.07, 6.45) is 3.78. The molecule has 1 aromatic heterocycles. The maximum absolute atomic E-state index is 5.75. The molecule has 2 atom stereocenters. The Morgan fingerprint density at radius 2 is 2.00 bits per heavy atom. The van der Waals surface area contributed by atoms with E-state index in [1.807, 2.05) is 24.5 Å². The van der Waals surface area contributed by atoms with Gasteiger partial charge in [0.25, 0.3) is 0 Å². The number of hydrogen-bond acceptors (Lipinski definition) is 3. The van der Waals surface area contributed by atoms with E-state index in [1.165, 1.54) is 5.56 Å². The highest BCUT2D eigenvalue weighted by Crippen LogP contribution is 2.29. The molecule has 1 aliphatic heterocycles. The summed E-state index contributed by atoms with van der Waals surface area (Å²) in [6.45, 7) is 7.28. The minimum Gasteiger partial charge on any atom is -0.361 e. The SMILES string of the molecule is CC(C)(C)C1NC(c2ccncc2)CO1. The van der Waals surface area contributed by atoms with Crippen LogP contribution in [-0.4, -0.2) is 17.8 Å². The van der Waals surface area contributed by atoms with Crippen LogP contribution in [0.25, 0.3) is 0 Å². The quantitative estimate of drug-likeness (QED) is 0.764. The van der Waals surface area contributed by atoms with Crippen molar-refractivity contribution >= 4 is 0 Å². The fourth-order valence-corrected chi connectivity index (χ4v) is 1.76. The first-order valence-corrected chi connectivity index (χ1v) is 5.35. The Bertz CT molecular complexity index is 318. The summed E-state index contributed by atoms with van der Waals surface area (Å²) in [4.78, 5) is 4.02. The van der Waals surface area contributed by atoms with Crippen molar-refractivity contribution in [3.63, 3.8) is 0 Å². The van der Waals surface area contributed by atoms with E-state index in [9.17, 15) is 0 Å². The molecule has 0 aromatic carbocycles. The molecule has 1 aliphatic rings. The molecule has 1 aromatic rings. The van der Waals surface area contributed by atoms with Gasteiger partial charge in [0.15, 0.2) is 0 Å². The molecular formula is C12H18N2O. The van der Waals surface area contributed by atoms with Crippen LogP contribution < -0.4 is 5.32 Å². The third kappa shape index (κ3) is 2.36. The fraction of sp³-hybridized carbons (Fsp3) is 0.583. The molecule has 0 amide bonds. The van der Waals surface area contributed by atoms with Crippen LogP contribution in [0.3, 0.4) is 0 Å². The lowest BCUT2D eigenvalue weighted by Crippen LogP contribution is -2.37. The lowest BCUT2D eigenvalue weighted by Gasteiger charge is -2.26. The second-order valence-corrected chi connectivity index (χ2v) is 5.08. The predicted molar refractivity (Wildman–Crippen MR) is 59.3 cm³/mol. The molecule has 2 unspecified atom stereocenters. The number of aromatic nitrogens is 1. The van der Waals surface area contributed by atoms with Gasteiger partial charge in [-0.2, -0.15) is 0 Å². The second-order valence-electron chi connectivity index (χ2n) is 5.08. The van der Waals surface area contributed by atoms with Gasteiger partial charge in [0.05, 0.1) is 12.6 Å². The first kappa shape index (κ1) is 10.6. The van der Waals surface area contributed by atoms with Crippen molar-refractivity contribution in [1.29, 1.82) is 0 Å². The minimum atomic E-state index is 0.135. The Morgan fingerprint density at radius 3 is 2.53 bits per heavy atom. The van der Waals surface area contributed by atoms with E-state index in [0.29, 0.717) is 6.04 Å². The zero-order valence-corrected chi connectivity index (χ0v) is 9.53. The van der Waals surface area contributed by atoms with Gasteiger partial charge in [0.1, 0.15) is 6.23 Å². The maximum atomic E-state index is 5.75. The Kier molecular flexibility index (Phi) is 2.76. The van der Waals surface area contributed by atoms with Crippen LogP contribution in [0.1, 0.15) is 32.4 Å². The topological polar surface area (TPSA) is 34.2 Å². The van der Waals surface area contributed by atoms with E-state index in [-0.39, 0.29) is 11.6 Å². The van der Waals surface area contributed by atoms with Crippen LogP contribution in [0.4, 0.5) is 0 Å². The van der Waals surface area contributed by atoms with Gasteiger partial charge in [-0.1, -0.05) is 20.8 Å². The van der Waals surface area contributed by atoms with Crippen LogP contribution in [0.15, 0.2) is 24.5 Å². The Balaban J connectivity index is 2.05. The molecule has 0 bridgehead atoms. The van der Waals surface area contributed by atoms with Gasteiger partial charge in [-0.15, -0.1) is 0 Å². The number of rotatable bonds is 1.